The molecule has 0 N–H and O–H groups in total. The van der Waals surface area contributed by atoms with Crippen LogP contribution in [-0.2, 0) is 13.1 Å². The molecule has 4 rings (SSSR count). The number of fused-ring (bicyclic) bond motifs is 4. The van der Waals surface area contributed by atoms with Crippen molar-refractivity contribution in [2.24, 2.45) is 5.92 Å². The summed E-state index contributed by atoms with van der Waals surface area (Å²) >= 11 is 0. The lowest BCUT2D eigenvalue weighted by Gasteiger charge is -2.43. The second-order valence-electron chi connectivity index (χ2n) is 7.41. The van der Waals surface area contributed by atoms with Gasteiger partial charge in [-0.05, 0) is 24.5 Å². The highest BCUT2D eigenvalue weighted by Gasteiger charge is 2.34. The molecule has 2 aliphatic rings. The molecule has 1 saturated heterocycles. The summed E-state index contributed by atoms with van der Waals surface area (Å²) in [6.45, 7) is 3.52. The highest BCUT2D eigenvalue weighted by molar-refractivity contribution is 5.50. The van der Waals surface area contributed by atoms with Gasteiger partial charge in [-0.3, -0.25) is 9.69 Å². The van der Waals surface area contributed by atoms with Gasteiger partial charge in [-0.2, -0.15) is 0 Å². The monoisotopic (exact) mass is 370 g/mol. The number of pyridine rings is 1. The SMILES string of the molecule is COc1cc(OC)c(OC)cc1CN1C[C@H]2C[C@@H](C1)c1cccc(=O)n1C2. The maximum Gasteiger partial charge on any atom is 0.250 e. The molecule has 0 unspecified atom stereocenters. The number of hydrogen-bond donors (Lipinski definition) is 0. The van der Waals surface area contributed by atoms with E-state index in [1.54, 1.807) is 27.4 Å². The first-order valence-corrected chi connectivity index (χ1v) is 9.34. The van der Waals surface area contributed by atoms with Gasteiger partial charge in [0.1, 0.15) is 5.75 Å². The van der Waals surface area contributed by atoms with Crippen molar-refractivity contribution in [3.8, 4) is 17.2 Å². The average Bonchev–Trinajstić information content (AvgIpc) is 2.68. The van der Waals surface area contributed by atoms with Gasteiger partial charge in [0.05, 0.1) is 21.3 Å². The van der Waals surface area contributed by atoms with Gasteiger partial charge in [-0.25, -0.2) is 0 Å². The highest BCUT2D eigenvalue weighted by atomic mass is 16.5. The fraction of sp³-hybridized carbons (Fsp3) is 0.476. The van der Waals surface area contributed by atoms with Crippen molar-refractivity contribution in [3.05, 3.63) is 51.9 Å². The van der Waals surface area contributed by atoms with Crippen LogP contribution in [0, 0.1) is 5.92 Å². The van der Waals surface area contributed by atoms with E-state index in [-0.39, 0.29) is 5.56 Å². The van der Waals surface area contributed by atoms with E-state index >= 15 is 0 Å². The third-order valence-corrected chi connectivity index (χ3v) is 5.74. The molecule has 2 atom stereocenters. The number of benzene rings is 1. The van der Waals surface area contributed by atoms with Crippen molar-refractivity contribution in [2.45, 2.75) is 25.4 Å². The molecule has 1 fully saturated rings. The minimum absolute atomic E-state index is 0.122. The zero-order valence-corrected chi connectivity index (χ0v) is 16.1. The molecule has 3 heterocycles. The van der Waals surface area contributed by atoms with Gasteiger partial charge in [0, 0.05) is 55.5 Å². The van der Waals surface area contributed by atoms with E-state index in [0.717, 1.165) is 43.9 Å². The number of likely N-dealkylation sites (tertiary alicyclic amines) is 1. The number of nitrogens with zero attached hydrogens (tertiary/aromatic N) is 2. The molecular weight excluding hydrogens is 344 g/mol. The van der Waals surface area contributed by atoms with Gasteiger partial charge in [-0.15, -0.1) is 0 Å². The smallest absolute Gasteiger partial charge is 0.250 e. The zero-order valence-electron chi connectivity index (χ0n) is 16.1. The molecule has 1 aromatic heterocycles. The Hall–Kier alpha value is -2.47. The first-order chi connectivity index (χ1) is 13.1. The van der Waals surface area contributed by atoms with Crippen LogP contribution in [0.3, 0.4) is 0 Å². The predicted molar refractivity (Wildman–Crippen MR) is 103 cm³/mol. The Morgan fingerprint density at radius 3 is 2.44 bits per heavy atom. The van der Waals surface area contributed by atoms with E-state index in [0.29, 0.717) is 23.3 Å². The molecule has 27 heavy (non-hydrogen) atoms. The lowest BCUT2D eigenvalue weighted by Crippen LogP contribution is -2.46. The van der Waals surface area contributed by atoms with Crippen LogP contribution >= 0.6 is 0 Å². The lowest BCUT2D eigenvalue weighted by atomic mass is 9.83. The van der Waals surface area contributed by atoms with Crippen molar-refractivity contribution < 1.29 is 14.2 Å². The predicted octanol–water partition coefficient (Wildman–Crippen LogP) is 2.49. The largest absolute Gasteiger partial charge is 0.496 e. The van der Waals surface area contributed by atoms with Crippen molar-refractivity contribution in [1.29, 1.82) is 0 Å². The Labute approximate surface area is 159 Å². The number of rotatable bonds is 5. The van der Waals surface area contributed by atoms with Crippen LogP contribution in [-0.4, -0.2) is 43.9 Å². The van der Waals surface area contributed by atoms with Crippen molar-refractivity contribution in [1.82, 2.24) is 9.47 Å². The van der Waals surface area contributed by atoms with Crippen LogP contribution in [0.25, 0.3) is 0 Å². The van der Waals surface area contributed by atoms with E-state index in [9.17, 15) is 4.79 Å². The van der Waals surface area contributed by atoms with Gasteiger partial charge in [0.15, 0.2) is 11.5 Å². The van der Waals surface area contributed by atoms with Gasteiger partial charge >= 0.3 is 0 Å². The third-order valence-electron chi connectivity index (χ3n) is 5.74. The fourth-order valence-electron chi connectivity index (χ4n) is 4.58. The Balaban J connectivity index is 1.59. The fourth-order valence-corrected chi connectivity index (χ4v) is 4.58. The number of methoxy groups -OCH3 is 3. The summed E-state index contributed by atoms with van der Waals surface area (Å²) in [4.78, 5) is 14.7. The molecule has 1 aromatic carbocycles. The summed E-state index contributed by atoms with van der Waals surface area (Å²) in [5.41, 5.74) is 2.38. The normalized spacial score (nSPS) is 21.4. The Morgan fingerprint density at radius 2 is 1.70 bits per heavy atom. The molecular formula is C21H26N2O4. The van der Waals surface area contributed by atoms with Crippen LogP contribution in [0.15, 0.2) is 35.1 Å². The Bertz CT molecular complexity index is 892. The Morgan fingerprint density at radius 1 is 0.963 bits per heavy atom. The topological polar surface area (TPSA) is 52.9 Å². The molecule has 0 radical (unpaired) electrons. The van der Waals surface area contributed by atoms with E-state index in [4.69, 9.17) is 14.2 Å². The summed E-state index contributed by atoms with van der Waals surface area (Å²) in [6.07, 6.45) is 1.16. The maximum absolute atomic E-state index is 12.2. The second-order valence-corrected chi connectivity index (χ2v) is 7.41. The first-order valence-electron chi connectivity index (χ1n) is 9.34. The number of hydrogen-bond acceptors (Lipinski definition) is 5. The molecule has 2 bridgehead atoms. The first kappa shape index (κ1) is 17.9. The summed E-state index contributed by atoms with van der Waals surface area (Å²) < 4.78 is 18.4. The van der Waals surface area contributed by atoms with Crippen LogP contribution < -0.4 is 19.8 Å². The summed E-state index contributed by atoms with van der Waals surface area (Å²) in [5, 5.41) is 0. The average molecular weight is 370 g/mol. The van der Waals surface area contributed by atoms with E-state index in [1.165, 1.54) is 5.69 Å². The molecule has 0 saturated carbocycles. The van der Waals surface area contributed by atoms with Crippen LogP contribution in [0.5, 0.6) is 17.2 Å². The van der Waals surface area contributed by atoms with Crippen LogP contribution in [0.1, 0.15) is 23.6 Å². The summed E-state index contributed by atoms with van der Waals surface area (Å²) in [6, 6.07) is 9.53. The van der Waals surface area contributed by atoms with E-state index in [2.05, 4.69) is 11.0 Å². The van der Waals surface area contributed by atoms with Crippen LogP contribution in [0.4, 0.5) is 0 Å². The van der Waals surface area contributed by atoms with Gasteiger partial charge in [0.2, 0.25) is 0 Å². The molecule has 6 nitrogen and oxygen atoms in total. The summed E-state index contributed by atoms with van der Waals surface area (Å²) in [5.74, 6) is 3.09. The van der Waals surface area contributed by atoms with E-state index in [1.807, 2.05) is 22.8 Å². The highest BCUT2D eigenvalue weighted by Crippen LogP contribution is 2.38. The molecule has 0 spiro atoms. The molecule has 0 aliphatic carbocycles. The standard InChI is InChI=1S/C21H26N2O4/c1-25-18-9-20(27-3)19(26-2)8-16(18)13-22-10-14-7-15(12-22)17-5-4-6-21(24)23(17)11-14/h4-6,8-9,14-15H,7,10-13H2,1-3H3/t14-,15+/m1/s1. The molecule has 2 aromatic rings. The molecule has 144 valence electrons. The van der Waals surface area contributed by atoms with E-state index < -0.39 is 0 Å². The quantitative estimate of drug-likeness (QED) is 0.809. The second kappa shape index (κ2) is 7.27. The summed E-state index contributed by atoms with van der Waals surface area (Å²) in [7, 11) is 4.95. The van der Waals surface area contributed by atoms with Crippen molar-refractivity contribution in [2.75, 3.05) is 34.4 Å². The van der Waals surface area contributed by atoms with Crippen molar-refractivity contribution in [3.63, 3.8) is 0 Å². The number of piperidine rings is 1. The van der Waals surface area contributed by atoms with Crippen LogP contribution in [0.2, 0.25) is 0 Å². The van der Waals surface area contributed by atoms with Crippen molar-refractivity contribution >= 4 is 0 Å². The van der Waals surface area contributed by atoms with Gasteiger partial charge in [0.25, 0.3) is 5.56 Å². The van der Waals surface area contributed by atoms with Gasteiger partial charge < -0.3 is 18.8 Å². The Kier molecular flexibility index (Phi) is 4.83. The third kappa shape index (κ3) is 3.30. The number of ether oxygens (including phenoxy) is 3. The molecule has 2 aliphatic heterocycles. The molecule has 6 heteroatoms. The number of aromatic nitrogens is 1. The zero-order chi connectivity index (χ0) is 19.0. The minimum atomic E-state index is 0.122. The molecule has 0 amide bonds. The minimum Gasteiger partial charge on any atom is -0.496 e. The lowest BCUT2D eigenvalue weighted by molar-refractivity contribution is 0.113. The van der Waals surface area contributed by atoms with Gasteiger partial charge in [-0.1, -0.05) is 6.07 Å². The maximum atomic E-state index is 12.2.